The molecule has 1 aliphatic heterocycles. The van der Waals surface area contributed by atoms with Gasteiger partial charge in [-0.1, -0.05) is 11.6 Å². The fourth-order valence-electron chi connectivity index (χ4n) is 2.70. The van der Waals surface area contributed by atoms with Crippen molar-refractivity contribution in [2.45, 2.75) is 19.4 Å². The fraction of sp³-hybridized carbons (Fsp3) is 0.333. The highest BCUT2D eigenvalue weighted by molar-refractivity contribution is 6.30. The molecule has 2 heterocycles. The number of aromatic nitrogens is 2. The fourth-order valence-corrected chi connectivity index (χ4v) is 2.98. The normalized spacial score (nSPS) is 17.3. The van der Waals surface area contributed by atoms with Crippen molar-refractivity contribution in [1.82, 2.24) is 9.55 Å². The van der Waals surface area contributed by atoms with Crippen molar-refractivity contribution >= 4 is 17.6 Å². The van der Waals surface area contributed by atoms with Crippen LogP contribution in [0.3, 0.4) is 0 Å². The Morgan fingerprint density at radius 2 is 2.14 bits per heavy atom. The van der Waals surface area contributed by atoms with Gasteiger partial charge in [0.1, 0.15) is 11.6 Å². The second kappa shape index (κ2) is 5.41. The predicted molar refractivity (Wildman–Crippen MR) is 78.2 cm³/mol. The number of phenols is 1. The Bertz CT molecular complexity index is 679. The number of carbonyl (C=O) groups excluding carboxylic acids is 1. The van der Waals surface area contributed by atoms with Gasteiger partial charge in [-0.05, 0) is 37.1 Å². The summed E-state index contributed by atoms with van der Waals surface area (Å²) in [5.74, 6) is 0.525. The van der Waals surface area contributed by atoms with Crippen LogP contribution in [0, 0.1) is 5.92 Å². The molecule has 0 aliphatic carbocycles. The van der Waals surface area contributed by atoms with E-state index < -0.39 is 0 Å². The molecule has 1 aliphatic rings. The predicted octanol–water partition coefficient (Wildman–Crippen LogP) is 2.64. The van der Waals surface area contributed by atoms with Crippen LogP contribution in [0.4, 0.5) is 0 Å². The van der Waals surface area contributed by atoms with Crippen LogP contribution in [0.15, 0.2) is 24.3 Å². The van der Waals surface area contributed by atoms with Gasteiger partial charge in [0.2, 0.25) is 0 Å². The van der Waals surface area contributed by atoms with Crippen LogP contribution in [-0.2, 0) is 22.5 Å². The maximum Gasteiger partial charge on any atom is 0.310 e. The summed E-state index contributed by atoms with van der Waals surface area (Å²) in [5, 5.41) is 9.85. The van der Waals surface area contributed by atoms with Crippen molar-refractivity contribution in [3.8, 4) is 17.1 Å². The van der Waals surface area contributed by atoms with E-state index in [0.717, 1.165) is 11.3 Å². The number of nitrogens with zero attached hydrogens (tertiary/aromatic N) is 2. The van der Waals surface area contributed by atoms with Gasteiger partial charge in [-0.3, -0.25) is 4.79 Å². The third-order valence-electron chi connectivity index (χ3n) is 3.82. The Labute approximate surface area is 127 Å². The van der Waals surface area contributed by atoms with Crippen molar-refractivity contribution in [1.29, 1.82) is 0 Å². The van der Waals surface area contributed by atoms with Crippen LogP contribution in [-0.4, -0.2) is 27.7 Å². The van der Waals surface area contributed by atoms with Gasteiger partial charge in [-0.2, -0.15) is 0 Å². The smallest absolute Gasteiger partial charge is 0.310 e. The highest BCUT2D eigenvalue weighted by Gasteiger charge is 2.29. The lowest BCUT2D eigenvalue weighted by molar-refractivity contribution is -0.146. The number of halogens is 1. The van der Waals surface area contributed by atoms with Gasteiger partial charge in [0, 0.05) is 12.1 Å². The minimum atomic E-state index is -0.206. The molecule has 1 N–H and O–H groups in total. The first-order chi connectivity index (χ1) is 10.1. The van der Waals surface area contributed by atoms with Crippen LogP contribution in [0.1, 0.15) is 12.1 Å². The highest BCUT2D eigenvalue weighted by atomic mass is 35.5. The number of hydrogen-bond donors (Lipinski definition) is 1. The number of carbonyl (C=O) groups is 1. The van der Waals surface area contributed by atoms with E-state index in [-0.39, 0.29) is 17.6 Å². The van der Waals surface area contributed by atoms with E-state index in [0.29, 0.717) is 30.4 Å². The standard InChI is InChI=1S/C15H15ClN2O3/c1-21-15(20)10-4-7-12-13(16)17-14(18(12)8-10)9-2-5-11(19)6-3-9/h2-3,5-6,10,19H,4,7-8H2,1H3. The van der Waals surface area contributed by atoms with Crippen LogP contribution in [0.2, 0.25) is 5.15 Å². The number of benzene rings is 1. The monoisotopic (exact) mass is 306 g/mol. The molecule has 0 bridgehead atoms. The van der Waals surface area contributed by atoms with Crippen LogP contribution in [0.25, 0.3) is 11.4 Å². The first-order valence-electron chi connectivity index (χ1n) is 6.72. The lowest BCUT2D eigenvalue weighted by atomic mass is 9.98. The molecule has 0 saturated heterocycles. The van der Waals surface area contributed by atoms with Gasteiger partial charge < -0.3 is 14.4 Å². The molecule has 0 fully saturated rings. The molecular weight excluding hydrogens is 292 g/mol. The minimum absolute atomic E-state index is 0.177. The van der Waals surface area contributed by atoms with Gasteiger partial charge in [0.25, 0.3) is 0 Å². The zero-order chi connectivity index (χ0) is 15.0. The Morgan fingerprint density at radius 3 is 2.81 bits per heavy atom. The molecule has 0 radical (unpaired) electrons. The number of phenolic OH excluding ortho intramolecular Hbond substituents is 1. The van der Waals surface area contributed by atoms with E-state index in [2.05, 4.69) is 4.98 Å². The molecule has 0 saturated carbocycles. The zero-order valence-corrected chi connectivity index (χ0v) is 12.3. The van der Waals surface area contributed by atoms with Crippen molar-refractivity contribution < 1.29 is 14.6 Å². The largest absolute Gasteiger partial charge is 0.508 e. The van der Waals surface area contributed by atoms with E-state index in [4.69, 9.17) is 16.3 Å². The SMILES string of the molecule is COC(=O)C1CCc2c(Cl)nc(-c3ccc(O)cc3)n2C1. The van der Waals surface area contributed by atoms with Crippen molar-refractivity contribution in [2.24, 2.45) is 5.92 Å². The maximum absolute atomic E-state index is 11.8. The number of esters is 1. The average Bonchev–Trinajstić information content (AvgIpc) is 2.84. The zero-order valence-electron chi connectivity index (χ0n) is 11.5. The Balaban J connectivity index is 2.01. The third kappa shape index (κ3) is 2.49. The average molecular weight is 307 g/mol. The van der Waals surface area contributed by atoms with Crippen LogP contribution >= 0.6 is 11.6 Å². The molecule has 1 unspecified atom stereocenters. The number of hydrogen-bond acceptors (Lipinski definition) is 4. The molecule has 110 valence electrons. The molecule has 6 heteroatoms. The van der Waals surface area contributed by atoms with Crippen LogP contribution < -0.4 is 0 Å². The molecule has 1 atom stereocenters. The van der Waals surface area contributed by atoms with Crippen molar-refractivity contribution in [3.63, 3.8) is 0 Å². The van der Waals surface area contributed by atoms with Gasteiger partial charge in [0.15, 0.2) is 5.15 Å². The summed E-state index contributed by atoms with van der Waals surface area (Å²) in [6.45, 7) is 0.512. The number of methoxy groups -OCH3 is 1. The molecule has 21 heavy (non-hydrogen) atoms. The number of imidazole rings is 1. The lowest BCUT2D eigenvalue weighted by Crippen LogP contribution is -2.28. The summed E-state index contributed by atoms with van der Waals surface area (Å²) in [4.78, 5) is 16.2. The van der Waals surface area contributed by atoms with Gasteiger partial charge in [-0.15, -0.1) is 0 Å². The first kappa shape index (κ1) is 13.9. The van der Waals surface area contributed by atoms with Gasteiger partial charge in [-0.25, -0.2) is 4.98 Å². The quantitative estimate of drug-likeness (QED) is 0.866. The van der Waals surface area contributed by atoms with E-state index in [9.17, 15) is 9.90 Å². The minimum Gasteiger partial charge on any atom is -0.508 e. The summed E-state index contributed by atoms with van der Waals surface area (Å²) >= 11 is 6.21. The summed E-state index contributed by atoms with van der Waals surface area (Å²) in [6, 6.07) is 6.77. The van der Waals surface area contributed by atoms with Crippen molar-refractivity contribution in [2.75, 3.05) is 7.11 Å². The van der Waals surface area contributed by atoms with E-state index in [1.165, 1.54) is 7.11 Å². The molecular formula is C15H15ClN2O3. The second-order valence-corrected chi connectivity index (χ2v) is 5.45. The number of rotatable bonds is 2. The summed E-state index contributed by atoms with van der Waals surface area (Å²) in [6.07, 6.45) is 1.41. The molecule has 3 rings (SSSR count). The van der Waals surface area contributed by atoms with E-state index in [1.807, 2.05) is 4.57 Å². The van der Waals surface area contributed by atoms with Crippen molar-refractivity contribution in [3.05, 3.63) is 35.1 Å². The first-order valence-corrected chi connectivity index (χ1v) is 7.10. The Morgan fingerprint density at radius 1 is 1.43 bits per heavy atom. The second-order valence-electron chi connectivity index (χ2n) is 5.09. The molecule has 1 aromatic heterocycles. The topological polar surface area (TPSA) is 64.3 Å². The van der Waals surface area contributed by atoms with Crippen LogP contribution in [0.5, 0.6) is 5.75 Å². The Kier molecular flexibility index (Phi) is 3.59. The molecule has 1 aromatic carbocycles. The molecule has 0 amide bonds. The highest BCUT2D eigenvalue weighted by Crippen LogP contribution is 2.32. The lowest BCUT2D eigenvalue weighted by Gasteiger charge is -2.23. The summed E-state index contributed by atoms with van der Waals surface area (Å²) in [7, 11) is 1.40. The molecule has 2 aromatic rings. The van der Waals surface area contributed by atoms with Gasteiger partial charge >= 0.3 is 5.97 Å². The van der Waals surface area contributed by atoms with E-state index in [1.54, 1.807) is 24.3 Å². The molecule has 0 spiro atoms. The number of ether oxygens (including phenoxy) is 1. The Hall–Kier alpha value is -2.01. The molecule has 5 nitrogen and oxygen atoms in total. The maximum atomic E-state index is 11.8. The van der Waals surface area contributed by atoms with Gasteiger partial charge in [0.05, 0.1) is 18.7 Å². The van der Waals surface area contributed by atoms with E-state index >= 15 is 0 Å². The third-order valence-corrected chi connectivity index (χ3v) is 4.12. The number of aromatic hydroxyl groups is 1. The number of fused-ring (bicyclic) bond motifs is 1. The summed E-state index contributed by atoms with van der Waals surface area (Å²) < 4.78 is 6.81. The summed E-state index contributed by atoms with van der Waals surface area (Å²) in [5.41, 5.74) is 1.80.